The molecule has 25 heavy (non-hydrogen) atoms. The summed E-state index contributed by atoms with van der Waals surface area (Å²) in [6, 6.07) is 12.8. The van der Waals surface area contributed by atoms with E-state index in [1.807, 2.05) is 18.2 Å². The van der Waals surface area contributed by atoms with Gasteiger partial charge >= 0.3 is 0 Å². The molecule has 0 radical (unpaired) electrons. The van der Waals surface area contributed by atoms with E-state index >= 15 is 0 Å². The molecule has 0 aliphatic carbocycles. The summed E-state index contributed by atoms with van der Waals surface area (Å²) in [6.07, 6.45) is 2.14. The largest absolute Gasteiger partial charge is 0.493 e. The van der Waals surface area contributed by atoms with Gasteiger partial charge in [-0.3, -0.25) is 4.90 Å². The Balaban J connectivity index is 1.82. The first-order valence-electron chi connectivity index (χ1n) is 8.08. The highest BCUT2D eigenvalue weighted by atomic mass is 19.1. The molecule has 0 amide bonds. The minimum Gasteiger partial charge on any atom is -0.493 e. The first kappa shape index (κ1) is 17.1. The van der Waals surface area contributed by atoms with Crippen LogP contribution >= 0.6 is 0 Å². The van der Waals surface area contributed by atoms with Crippen molar-refractivity contribution in [2.45, 2.75) is 13.0 Å². The van der Waals surface area contributed by atoms with E-state index in [0.29, 0.717) is 18.5 Å². The Morgan fingerprint density at radius 1 is 1.28 bits per heavy atom. The fraction of sp³-hybridized carbons (Fsp3) is 0.211. The zero-order chi connectivity index (χ0) is 17.8. The zero-order valence-electron chi connectivity index (χ0n) is 13.9. The highest BCUT2D eigenvalue weighted by Crippen LogP contribution is 2.26. The van der Waals surface area contributed by atoms with Crippen LogP contribution in [0.1, 0.15) is 12.0 Å². The normalized spacial score (nSPS) is 17.4. The number of pyridine rings is 1. The molecule has 0 bridgehead atoms. The van der Waals surface area contributed by atoms with Gasteiger partial charge < -0.3 is 5.11 Å². The van der Waals surface area contributed by atoms with Crippen molar-refractivity contribution in [2.75, 3.05) is 18.1 Å². The summed E-state index contributed by atoms with van der Waals surface area (Å²) >= 11 is 0. The third kappa shape index (κ3) is 3.87. The molecule has 1 aromatic carbocycles. The van der Waals surface area contributed by atoms with Crippen molar-refractivity contribution < 1.29 is 9.50 Å². The number of hydrogen-bond donors (Lipinski definition) is 2. The Morgan fingerprint density at radius 3 is 2.76 bits per heavy atom. The number of aliphatic hydroxyl groups excluding tert-OH is 1. The van der Waals surface area contributed by atoms with Gasteiger partial charge in [0.05, 0.1) is 0 Å². The van der Waals surface area contributed by atoms with Crippen LogP contribution in [-0.4, -0.2) is 28.1 Å². The van der Waals surface area contributed by atoms with Gasteiger partial charge in [0.1, 0.15) is 0 Å². The average Bonchev–Trinajstić information content (AvgIpc) is 2.63. The Kier molecular flexibility index (Phi) is 5.11. The quantitative estimate of drug-likeness (QED) is 0.508. The predicted octanol–water partition coefficient (Wildman–Crippen LogP) is 3.13. The number of hydrazine groups is 1. The van der Waals surface area contributed by atoms with Crippen LogP contribution in [0.25, 0.3) is 0 Å². The molecular formula is C19H21FN4O. The van der Waals surface area contributed by atoms with Gasteiger partial charge in [-0.25, -0.2) is 20.2 Å². The molecule has 130 valence electrons. The molecule has 0 saturated carbocycles. The Labute approximate surface area is 146 Å². The van der Waals surface area contributed by atoms with Crippen molar-refractivity contribution >= 4 is 5.82 Å². The van der Waals surface area contributed by atoms with Gasteiger partial charge in [0.25, 0.3) is 0 Å². The van der Waals surface area contributed by atoms with Crippen molar-refractivity contribution in [3.63, 3.8) is 0 Å². The number of aromatic nitrogens is 1. The summed E-state index contributed by atoms with van der Waals surface area (Å²) < 4.78 is 13.9. The molecule has 3 rings (SSSR count). The van der Waals surface area contributed by atoms with Crippen LogP contribution < -0.4 is 10.9 Å². The van der Waals surface area contributed by atoms with Crippen LogP contribution in [0.5, 0.6) is 0 Å². The van der Waals surface area contributed by atoms with Gasteiger partial charge in [0.15, 0.2) is 11.6 Å². The highest BCUT2D eigenvalue weighted by molar-refractivity contribution is 5.47. The Hall–Kier alpha value is -2.70. The van der Waals surface area contributed by atoms with Crippen LogP contribution in [0.4, 0.5) is 10.2 Å². The second kappa shape index (κ2) is 7.46. The molecule has 0 spiro atoms. The van der Waals surface area contributed by atoms with Crippen LogP contribution in [-0.2, 0) is 6.54 Å². The van der Waals surface area contributed by atoms with Crippen molar-refractivity contribution in [1.82, 2.24) is 9.88 Å². The van der Waals surface area contributed by atoms with Gasteiger partial charge in [-0.1, -0.05) is 36.9 Å². The number of piperidine rings is 1. The summed E-state index contributed by atoms with van der Waals surface area (Å²) in [5.41, 5.74) is 2.59. The lowest BCUT2D eigenvalue weighted by Crippen LogP contribution is -2.38. The summed E-state index contributed by atoms with van der Waals surface area (Å²) in [6.45, 7) is 6.10. The van der Waals surface area contributed by atoms with Crippen molar-refractivity contribution in [3.8, 4) is 0 Å². The van der Waals surface area contributed by atoms with E-state index in [1.165, 1.54) is 23.9 Å². The number of nitrogens with two attached hydrogens (primary N) is 1. The van der Waals surface area contributed by atoms with E-state index in [1.54, 1.807) is 0 Å². The molecule has 1 aromatic heterocycles. The minimum absolute atomic E-state index is 0.125. The topological polar surface area (TPSA) is 65.6 Å². The van der Waals surface area contributed by atoms with Crippen molar-refractivity contribution in [2.24, 2.45) is 5.84 Å². The van der Waals surface area contributed by atoms with E-state index in [0.717, 1.165) is 23.7 Å². The van der Waals surface area contributed by atoms with Crippen LogP contribution in [0.2, 0.25) is 0 Å². The fourth-order valence-electron chi connectivity index (χ4n) is 2.86. The number of anilines is 1. The Bertz CT molecular complexity index is 791. The van der Waals surface area contributed by atoms with Gasteiger partial charge in [-0.2, -0.15) is 0 Å². The Morgan fingerprint density at radius 2 is 2.04 bits per heavy atom. The second-order valence-corrected chi connectivity index (χ2v) is 6.03. The number of benzene rings is 1. The van der Waals surface area contributed by atoms with E-state index in [-0.39, 0.29) is 11.7 Å². The molecule has 2 heterocycles. The van der Waals surface area contributed by atoms with Crippen molar-refractivity contribution in [3.05, 3.63) is 83.7 Å². The molecule has 2 aromatic rings. The summed E-state index contributed by atoms with van der Waals surface area (Å²) in [4.78, 5) is 6.09. The maximum atomic E-state index is 13.9. The SMILES string of the molecule is C=C1CCN(Cc2ccccc2)C/C1=C(\O)N(N)c1ncccc1F. The molecule has 0 unspecified atom stereocenters. The average molecular weight is 340 g/mol. The molecule has 1 aliphatic rings. The number of rotatable bonds is 4. The maximum Gasteiger partial charge on any atom is 0.212 e. The molecule has 3 N–H and O–H groups in total. The molecule has 1 aliphatic heterocycles. The van der Waals surface area contributed by atoms with E-state index < -0.39 is 5.82 Å². The van der Waals surface area contributed by atoms with E-state index in [4.69, 9.17) is 5.84 Å². The molecular weight excluding hydrogens is 319 g/mol. The standard InChI is InChI=1S/C19H21FN4O/c1-14-9-11-23(12-15-6-3-2-4-7-15)13-16(14)19(25)24(21)18-17(20)8-5-10-22-18/h2-8,10,25H,1,9,11-13,21H2/b19-16+. The first-order chi connectivity index (χ1) is 12.1. The lowest BCUT2D eigenvalue weighted by atomic mass is 9.99. The lowest BCUT2D eigenvalue weighted by molar-refractivity contribution is 0.266. The summed E-state index contributed by atoms with van der Waals surface area (Å²) in [5.74, 6) is 4.95. The molecule has 5 nitrogen and oxygen atoms in total. The fourth-order valence-corrected chi connectivity index (χ4v) is 2.86. The number of hydrogen-bond acceptors (Lipinski definition) is 5. The monoisotopic (exact) mass is 340 g/mol. The molecule has 1 saturated heterocycles. The van der Waals surface area contributed by atoms with Gasteiger partial charge in [-0.15, -0.1) is 0 Å². The molecule has 0 atom stereocenters. The van der Waals surface area contributed by atoms with E-state index in [9.17, 15) is 9.50 Å². The number of likely N-dealkylation sites (tertiary alicyclic amines) is 1. The lowest BCUT2D eigenvalue weighted by Gasteiger charge is -2.31. The number of nitrogens with zero attached hydrogens (tertiary/aromatic N) is 3. The van der Waals surface area contributed by atoms with Gasteiger partial charge in [-0.05, 0) is 29.7 Å². The van der Waals surface area contributed by atoms with Crippen LogP contribution in [0.15, 0.2) is 72.3 Å². The predicted molar refractivity (Wildman–Crippen MR) is 96.0 cm³/mol. The van der Waals surface area contributed by atoms with Gasteiger partial charge in [0, 0.05) is 31.4 Å². The summed E-state index contributed by atoms with van der Waals surface area (Å²) in [5, 5.41) is 11.4. The van der Waals surface area contributed by atoms with Crippen LogP contribution in [0, 0.1) is 5.82 Å². The first-order valence-corrected chi connectivity index (χ1v) is 8.08. The zero-order valence-corrected chi connectivity index (χ0v) is 13.9. The molecule has 1 fully saturated rings. The molecule has 6 heteroatoms. The maximum absolute atomic E-state index is 13.9. The smallest absolute Gasteiger partial charge is 0.212 e. The summed E-state index contributed by atoms with van der Waals surface area (Å²) in [7, 11) is 0. The third-order valence-electron chi connectivity index (χ3n) is 4.25. The third-order valence-corrected chi connectivity index (χ3v) is 4.25. The minimum atomic E-state index is -0.597. The van der Waals surface area contributed by atoms with Crippen molar-refractivity contribution in [1.29, 1.82) is 0 Å². The van der Waals surface area contributed by atoms with E-state index in [2.05, 4.69) is 28.6 Å². The highest BCUT2D eigenvalue weighted by Gasteiger charge is 2.24. The second-order valence-electron chi connectivity index (χ2n) is 6.03. The van der Waals surface area contributed by atoms with Crippen LogP contribution in [0.3, 0.4) is 0 Å². The number of halogens is 1. The number of aliphatic hydroxyl groups is 1. The van der Waals surface area contributed by atoms with Gasteiger partial charge in [0.2, 0.25) is 5.88 Å².